The molecule has 0 spiro atoms. The summed E-state index contributed by atoms with van der Waals surface area (Å²) in [6, 6.07) is 12.6. The molecule has 0 radical (unpaired) electrons. The van der Waals surface area contributed by atoms with Crippen molar-refractivity contribution in [2.24, 2.45) is 0 Å². The predicted octanol–water partition coefficient (Wildman–Crippen LogP) is 4.06. The van der Waals surface area contributed by atoms with Gasteiger partial charge in [-0.15, -0.1) is 0 Å². The Morgan fingerprint density at radius 1 is 0.939 bits per heavy atom. The van der Waals surface area contributed by atoms with E-state index in [-0.39, 0.29) is 31.2 Å². The van der Waals surface area contributed by atoms with E-state index in [1.54, 1.807) is 12.0 Å². The fourth-order valence-electron chi connectivity index (χ4n) is 5.15. The minimum Gasteiger partial charge on any atom is -0.497 e. The molecule has 7 nitrogen and oxygen atoms in total. The first-order valence-electron chi connectivity index (χ1n) is 11.8. The number of carbonyl (C=O) groups excluding carboxylic acids is 2. The summed E-state index contributed by atoms with van der Waals surface area (Å²) in [6.45, 7) is 0.669. The van der Waals surface area contributed by atoms with E-state index in [1.165, 1.54) is 12.8 Å². The van der Waals surface area contributed by atoms with Crippen molar-refractivity contribution in [3.05, 3.63) is 53.6 Å². The van der Waals surface area contributed by atoms with Gasteiger partial charge >= 0.3 is 0 Å². The van der Waals surface area contributed by atoms with Gasteiger partial charge in [0, 0.05) is 12.6 Å². The van der Waals surface area contributed by atoms with Crippen LogP contribution in [0.25, 0.3) is 0 Å². The first-order chi connectivity index (χ1) is 16.1. The monoisotopic (exact) mass is 450 g/mol. The van der Waals surface area contributed by atoms with E-state index in [4.69, 9.17) is 14.2 Å². The predicted molar refractivity (Wildman–Crippen MR) is 122 cm³/mol. The molecule has 0 aromatic heterocycles. The van der Waals surface area contributed by atoms with E-state index in [1.807, 2.05) is 47.4 Å². The number of ether oxygens (including phenoxy) is 3. The van der Waals surface area contributed by atoms with E-state index < -0.39 is 6.04 Å². The van der Waals surface area contributed by atoms with Gasteiger partial charge in [-0.25, -0.2) is 0 Å². The van der Waals surface area contributed by atoms with Gasteiger partial charge in [-0.2, -0.15) is 0 Å². The zero-order valence-corrected chi connectivity index (χ0v) is 19.0. The van der Waals surface area contributed by atoms with Crippen molar-refractivity contribution in [2.75, 3.05) is 20.4 Å². The molecule has 5 rings (SSSR count). The SMILES string of the molecule is COc1ccc(C2C(=O)N(C3CCCCCC3)CC(=O)N2Cc2ccc3c(c2)OCO3)cc1. The molecule has 2 heterocycles. The maximum Gasteiger partial charge on any atom is 0.250 e. The Labute approximate surface area is 194 Å². The summed E-state index contributed by atoms with van der Waals surface area (Å²) in [6.07, 6.45) is 6.55. The van der Waals surface area contributed by atoms with Gasteiger partial charge in [0.25, 0.3) is 5.91 Å². The van der Waals surface area contributed by atoms with Crippen LogP contribution in [-0.4, -0.2) is 48.1 Å². The van der Waals surface area contributed by atoms with Gasteiger partial charge in [0.15, 0.2) is 11.5 Å². The van der Waals surface area contributed by atoms with Crippen LogP contribution in [0.2, 0.25) is 0 Å². The summed E-state index contributed by atoms with van der Waals surface area (Å²) in [5, 5.41) is 0. The fraction of sp³-hybridized carbons (Fsp3) is 0.462. The van der Waals surface area contributed by atoms with Gasteiger partial charge < -0.3 is 24.0 Å². The van der Waals surface area contributed by atoms with E-state index >= 15 is 0 Å². The maximum atomic E-state index is 13.9. The molecule has 1 saturated carbocycles. The number of amides is 2. The Morgan fingerprint density at radius 3 is 2.39 bits per heavy atom. The Kier molecular flexibility index (Phi) is 6.11. The molecule has 7 heteroatoms. The van der Waals surface area contributed by atoms with Gasteiger partial charge in [-0.05, 0) is 48.2 Å². The van der Waals surface area contributed by atoms with Crippen LogP contribution in [0.3, 0.4) is 0 Å². The molecular formula is C26H30N2O5. The number of benzene rings is 2. The second-order valence-corrected chi connectivity index (χ2v) is 9.00. The van der Waals surface area contributed by atoms with E-state index in [0.717, 1.165) is 42.6 Å². The normalized spacial score (nSPS) is 21.3. The molecule has 174 valence electrons. The second kappa shape index (κ2) is 9.33. The molecule has 1 atom stereocenters. The highest BCUT2D eigenvalue weighted by Gasteiger charge is 2.42. The third kappa shape index (κ3) is 4.36. The molecule has 33 heavy (non-hydrogen) atoms. The molecule has 3 aliphatic rings. The Balaban J connectivity index is 1.46. The number of hydrogen-bond donors (Lipinski definition) is 0. The van der Waals surface area contributed by atoms with E-state index in [0.29, 0.717) is 18.0 Å². The van der Waals surface area contributed by atoms with Crippen molar-refractivity contribution >= 4 is 11.8 Å². The topological polar surface area (TPSA) is 68.3 Å². The summed E-state index contributed by atoms with van der Waals surface area (Å²) in [5.41, 5.74) is 1.70. The molecular weight excluding hydrogens is 420 g/mol. The van der Waals surface area contributed by atoms with Crippen LogP contribution in [0.5, 0.6) is 17.2 Å². The van der Waals surface area contributed by atoms with Crippen molar-refractivity contribution in [2.45, 2.75) is 57.2 Å². The zero-order chi connectivity index (χ0) is 22.8. The molecule has 0 N–H and O–H groups in total. The Morgan fingerprint density at radius 2 is 1.67 bits per heavy atom. The van der Waals surface area contributed by atoms with Crippen LogP contribution in [0.15, 0.2) is 42.5 Å². The molecule has 0 bridgehead atoms. The number of rotatable bonds is 5. The van der Waals surface area contributed by atoms with Crippen molar-refractivity contribution in [3.63, 3.8) is 0 Å². The highest BCUT2D eigenvalue weighted by Crippen LogP contribution is 2.36. The first-order valence-corrected chi connectivity index (χ1v) is 11.8. The number of methoxy groups -OCH3 is 1. The number of fused-ring (bicyclic) bond motifs is 1. The van der Waals surface area contributed by atoms with E-state index in [2.05, 4.69) is 0 Å². The third-order valence-electron chi connectivity index (χ3n) is 6.94. The first kappa shape index (κ1) is 21.6. The Hall–Kier alpha value is -3.22. The summed E-state index contributed by atoms with van der Waals surface area (Å²) in [7, 11) is 1.62. The van der Waals surface area contributed by atoms with Gasteiger partial charge in [0.1, 0.15) is 18.3 Å². The summed E-state index contributed by atoms with van der Waals surface area (Å²) >= 11 is 0. The van der Waals surface area contributed by atoms with Crippen molar-refractivity contribution < 1.29 is 23.8 Å². The molecule has 2 fully saturated rings. The van der Waals surface area contributed by atoms with Crippen LogP contribution in [0.4, 0.5) is 0 Å². The van der Waals surface area contributed by atoms with Gasteiger partial charge in [-0.1, -0.05) is 43.9 Å². The lowest BCUT2D eigenvalue weighted by Crippen LogP contribution is -2.57. The fourth-order valence-corrected chi connectivity index (χ4v) is 5.15. The third-order valence-corrected chi connectivity index (χ3v) is 6.94. The number of carbonyl (C=O) groups is 2. The van der Waals surface area contributed by atoms with Gasteiger partial charge in [0.05, 0.1) is 7.11 Å². The summed E-state index contributed by atoms with van der Waals surface area (Å²) in [5.74, 6) is 2.07. The quantitative estimate of drug-likeness (QED) is 0.643. The van der Waals surface area contributed by atoms with Crippen molar-refractivity contribution in [3.8, 4) is 17.2 Å². The molecule has 1 saturated heterocycles. The van der Waals surface area contributed by atoms with Crippen LogP contribution < -0.4 is 14.2 Å². The molecule has 2 aromatic rings. The van der Waals surface area contributed by atoms with Crippen LogP contribution >= 0.6 is 0 Å². The lowest BCUT2D eigenvalue weighted by atomic mass is 9.97. The van der Waals surface area contributed by atoms with Gasteiger partial charge in [-0.3, -0.25) is 9.59 Å². The molecule has 2 aromatic carbocycles. The lowest BCUT2D eigenvalue weighted by molar-refractivity contribution is -0.159. The zero-order valence-electron chi connectivity index (χ0n) is 19.0. The molecule has 2 aliphatic heterocycles. The lowest BCUT2D eigenvalue weighted by Gasteiger charge is -2.43. The van der Waals surface area contributed by atoms with E-state index in [9.17, 15) is 9.59 Å². The smallest absolute Gasteiger partial charge is 0.250 e. The minimum absolute atomic E-state index is 0.00686. The highest BCUT2D eigenvalue weighted by molar-refractivity contribution is 5.95. The Bertz CT molecular complexity index is 1010. The van der Waals surface area contributed by atoms with Gasteiger partial charge in [0.2, 0.25) is 12.7 Å². The summed E-state index contributed by atoms with van der Waals surface area (Å²) < 4.78 is 16.2. The molecule has 2 amide bonds. The largest absolute Gasteiger partial charge is 0.497 e. The summed E-state index contributed by atoms with van der Waals surface area (Å²) in [4.78, 5) is 30.9. The molecule has 1 unspecified atom stereocenters. The minimum atomic E-state index is -0.661. The standard InChI is InChI=1S/C26H30N2O5/c1-31-21-11-9-19(10-12-21)25-26(30)27(20-6-4-2-3-5-7-20)16-24(29)28(25)15-18-8-13-22-23(14-18)33-17-32-22/h8-14,20,25H,2-7,15-17H2,1H3. The van der Waals surface area contributed by atoms with Crippen molar-refractivity contribution in [1.82, 2.24) is 9.80 Å². The van der Waals surface area contributed by atoms with Crippen LogP contribution in [0.1, 0.15) is 55.7 Å². The average Bonchev–Trinajstić information content (AvgIpc) is 3.14. The van der Waals surface area contributed by atoms with Crippen LogP contribution in [-0.2, 0) is 16.1 Å². The number of nitrogens with zero attached hydrogens (tertiary/aromatic N) is 2. The molecule has 1 aliphatic carbocycles. The number of piperazine rings is 1. The highest BCUT2D eigenvalue weighted by atomic mass is 16.7. The van der Waals surface area contributed by atoms with Crippen LogP contribution in [0, 0.1) is 0 Å². The second-order valence-electron chi connectivity index (χ2n) is 9.00. The average molecular weight is 451 g/mol. The van der Waals surface area contributed by atoms with Crippen molar-refractivity contribution in [1.29, 1.82) is 0 Å². The number of hydrogen-bond acceptors (Lipinski definition) is 5. The maximum absolute atomic E-state index is 13.9.